The number of aryl methyl sites for hydroxylation is 4. The van der Waals surface area contributed by atoms with E-state index in [0.717, 1.165) is 16.8 Å². The largest absolute Gasteiger partial charge is 0.383 e. The van der Waals surface area contributed by atoms with Gasteiger partial charge in [-0.15, -0.1) is 0 Å². The van der Waals surface area contributed by atoms with Gasteiger partial charge in [0.1, 0.15) is 11.9 Å². The molecule has 0 fully saturated rings. The number of halogens is 1. The first-order chi connectivity index (χ1) is 8.93. The Morgan fingerprint density at radius 3 is 2.63 bits per heavy atom. The highest BCUT2D eigenvalue weighted by Gasteiger charge is 2.22. The molecule has 0 aliphatic rings. The molecule has 1 N–H and O–H groups in total. The molecule has 3 nitrogen and oxygen atoms in total. The van der Waals surface area contributed by atoms with Crippen LogP contribution < -0.4 is 0 Å². The van der Waals surface area contributed by atoms with Crippen LogP contribution in [-0.2, 0) is 13.5 Å². The lowest BCUT2D eigenvalue weighted by atomic mass is 9.95. The van der Waals surface area contributed by atoms with Gasteiger partial charge in [-0.3, -0.25) is 4.68 Å². The second-order valence-electron chi connectivity index (χ2n) is 4.94. The summed E-state index contributed by atoms with van der Waals surface area (Å²) in [6, 6.07) is 3.33. The van der Waals surface area contributed by atoms with Crippen molar-refractivity contribution in [3.8, 4) is 0 Å². The number of aromatic nitrogens is 2. The first-order valence-electron chi connectivity index (χ1n) is 6.41. The van der Waals surface area contributed by atoms with Gasteiger partial charge in [0.15, 0.2) is 0 Å². The minimum Gasteiger partial charge on any atom is -0.383 e. The van der Waals surface area contributed by atoms with Gasteiger partial charge >= 0.3 is 0 Å². The predicted octanol–water partition coefficient (Wildman–Crippen LogP) is 2.82. The van der Waals surface area contributed by atoms with Crippen molar-refractivity contribution in [1.29, 1.82) is 0 Å². The third-order valence-electron chi connectivity index (χ3n) is 3.32. The number of aliphatic hydroxyl groups excluding tert-OH is 1. The van der Waals surface area contributed by atoms with E-state index < -0.39 is 6.10 Å². The zero-order chi connectivity index (χ0) is 14.2. The lowest BCUT2D eigenvalue weighted by Gasteiger charge is -2.15. The summed E-state index contributed by atoms with van der Waals surface area (Å²) in [4.78, 5) is 0. The van der Waals surface area contributed by atoms with Gasteiger partial charge < -0.3 is 5.11 Å². The molecule has 0 radical (unpaired) electrons. The minimum absolute atomic E-state index is 0.341. The Morgan fingerprint density at radius 1 is 1.37 bits per heavy atom. The van der Waals surface area contributed by atoms with Crippen molar-refractivity contribution in [2.24, 2.45) is 7.05 Å². The molecule has 2 aromatic rings. The molecular formula is C15H19FN2O. The van der Waals surface area contributed by atoms with E-state index in [4.69, 9.17) is 0 Å². The summed E-state index contributed by atoms with van der Waals surface area (Å²) in [5.74, 6) is -0.365. The zero-order valence-electron chi connectivity index (χ0n) is 11.7. The van der Waals surface area contributed by atoms with Crippen molar-refractivity contribution in [1.82, 2.24) is 9.78 Å². The van der Waals surface area contributed by atoms with Crippen LogP contribution in [0.15, 0.2) is 18.3 Å². The molecule has 0 saturated heterocycles. The molecule has 2 rings (SSSR count). The fourth-order valence-corrected chi connectivity index (χ4v) is 2.48. The van der Waals surface area contributed by atoms with Gasteiger partial charge in [-0.2, -0.15) is 5.10 Å². The lowest BCUT2D eigenvalue weighted by molar-refractivity contribution is 0.213. The molecular weight excluding hydrogens is 243 g/mol. The predicted molar refractivity (Wildman–Crippen MR) is 72.5 cm³/mol. The highest BCUT2D eigenvalue weighted by atomic mass is 19.1. The Hall–Kier alpha value is -1.68. The Kier molecular flexibility index (Phi) is 3.71. The van der Waals surface area contributed by atoms with Gasteiger partial charge in [0.25, 0.3) is 0 Å². The zero-order valence-corrected chi connectivity index (χ0v) is 11.7. The SMILES string of the molecule is CCc1nn(C)cc1C(O)c1c(C)cc(C)cc1F. The van der Waals surface area contributed by atoms with Gasteiger partial charge in [0, 0.05) is 24.4 Å². The maximum absolute atomic E-state index is 14.1. The first kappa shape index (κ1) is 13.7. The van der Waals surface area contributed by atoms with E-state index in [9.17, 15) is 9.50 Å². The molecule has 0 amide bonds. The van der Waals surface area contributed by atoms with Crippen LogP contribution >= 0.6 is 0 Å². The summed E-state index contributed by atoms with van der Waals surface area (Å²) < 4.78 is 15.8. The van der Waals surface area contributed by atoms with Crippen molar-refractivity contribution >= 4 is 0 Å². The number of rotatable bonds is 3. The molecule has 1 heterocycles. The van der Waals surface area contributed by atoms with Crippen molar-refractivity contribution in [3.63, 3.8) is 0 Å². The quantitative estimate of drug-likeness (QED) is 0.923. The van der Waals surface area contributed by atoms with E-state index >= 15 is 0 Å². The van der Waals surface area contributed by atoms with Crippen molar-refractivity contribution in [3.05, 3.63) is 52.1 Å². The average Bonchev–Trinajstić information content (AvgIpc) is 2.69. The Bertz CT molecular complexity index is 581. The van der Waals surface area contributed by atoms with Gasteiger partial charge in [0.2, 0.25) is 0 Å². The van der Waals surface area contributed by atoms with Crippen LogP contribution in [0.25, 0.3) is 0 Å². The van der Waals surface area contributed by atoms with E-state index in [1.165, 1.54) is 6.07 Å². The summed E-state index contributed by atoms with van der Waals surface area (Å²) in [5.41, 5.74) is 3.43. The third-order valence-corrected chi connectivity index (χ3v) is 3.32. The molecule has 0 spiro atoms. The molecule has 4 heteroatoms. The highest BCUT2D eigenvalue weighted by molar-refractivity contribution is 5.39. The average molecular weight is 262 g/mol. The second-order valence-corrected chi connectivity index (χ2v) is 4.94. The third kappa shape index (κ3) is 2.54. The monoisotopic (exact) mass is 262 g/mol. The second kappa shape index (κ2) is 5.13. The van der Waals surface area contributed by atoms with Gasteiger partial charge in [-0.25, -0.2) is 4.39 Å². The summed E-state index contributed by atoms with van der Waals surface area (Å²) in [7, 11) is 1.80. The van der Waals surface area contributed by atoms with Crippen LogP contribution in [0.5, 0.6) is 0 Å². The normalized spacial score (nSPS) is 12.7. The number of hydrogen-bond donors (Lipinski definition) is 1. The molecule has 19 heavy (non-hydrogen) atoms. The van der Waals surface area contributed by atoms with Crippen molar-refractivity contribution in [2.45, 2.75) is 33.3 Å². The van der Waals surface area contributed by atoms with Gasteiger partial charge in [-0.05, 0) is 37.5 Å². The summed E-state index contributed by atoms with van der Waals surface area (Å²) in [6.45, 7) is 5.63. The van der Waals surface area contributed by atoms with Crippen molar-refractivity contribution in [2.75, 3.05) is 0 Å². The maximum Gasteiger partial charge on any atom is 0.129 e. The van der Waals surface area contributed by atoms with Crippen LogP contribution in [0.3, 0.4) is 0 Å². The lowest BCUT2D eigenvalue weighted by Crippen LogP contribution is -2.07. The van der Waals surface area contributed by atoms with E-state index in [1.807, 2.05) is 26.8 Å². The highest BCUT2D eigenvalue weighted by Crippen LogP contribution is 2.29. The van der Waals surface area contributed by atoms with Crippen LogP contribution in [0.4, 0.5) is 4.39 Å². The molecule has 1 atom stereocenters. The standard InChI is InChI=1S/C15H19FN2O/c1-5-13-11(8-18(4)17-13)15(19)14-10(3)6-9(2)7-12(14)16/h6-8,15,19H,5H2,1-4H3. The van der Waals surface area contributed by atoms with Gasteiger partial charge in [-0.1, -0.05) is 13.0 Å². The van der Waals surface area contributed by atoms with Gasteiger partial charge in [0.05, 0.1) is 5.69 Å². The number of benzene rings is 1. The number of hydrogen-bond acceptors (Lipinski definition) is 2. The fourth-order valence-electron chi connectivity index (χ4n) is 2.48. The van der Waals surface area contributed by atoms with E-state index in [2.05, 4.69) is 5.10 Å². The summed E-state index contributed by atoms with van der Waals surface area (Å²) in [5, 5.41) is 14.8. The van der Waals surface area contributed by atoms with Crippen LogP contribution in [-0.4, -0.2) is 14.9 Å². The molecule has 1 aromatic heterocycles. The van der Waals surface area contributed by atoms with E-state index in [1.54, 1.807) is 17.9 Å². The van der Waals surface area contributed by atoms with E-state index in [0.29, 0.717) is 17.5 Å². The molecule has 0 saturated carbocycles. The van der Waals surface area contributed by atoms with Crippen LogP contribution in [0.1, 0.15) is 41.0 Å². The Morgan fingerprint density at radius 2 is 2.05 bits per heavy atom. The number of nitrogens with zero attached hydrogens (tertiary/aromatic N) is 2. The molecule has 102 valence electrons. The summed E-state index contributed by atoms with van der Waals surface area (Å²) >= 11 is 0. The van der Waals surface area contributed by atoms with Crippen LogP contribution in [0, 0.1) is 19.7 Å². The topological polar surface area (TPSA) is 38.0 Å². The summed E-state index contributed by atoms with van der Waals surface area (Å²) in [6.07, 6.45) is 1.49. The fraction of sp³-hybridized carbons (Fsp3) is 0.400. The maximum atomic E-state index is 14.1. The first-order valence-corrected chi connectivity index (χ1v) is 6.41. The molecule has 0 aliphatic carbocycles. The number of aliphatic hydroxyl groups is 1. The smallest absolute Gasteiger partial charge is 0.129 e. The van der Waals surface area contributed by atoms with Crippen molar-refractivity contribution < 1.29 is 9.50 Å². The van der Waals surface area contributed by atoms with Crippen LogP contribution in [0.2, 0.25) is 0 Å². The molecule has 1 aromatic carbocycles. The Labute approximate surface area is 112 Å². The molecule has 1 unspecified atom stereocenters. The minimum atomic E-state index is -0.968. The Balaban J connectivity index is 2.52. The van der Waals surface area contributed by atoms with E-state index in [-0.39, 0.29) is 5.82 Å². The molecule has 0 aliphatic heterocycles. The molecule has 0 bridgehead atoms.